The third-order valence-corrected chi connectivity index (χ3v) is 4.03. The zero-order chi connectivity index (χ0) is 12.7. The van der Waals surface area contributed by atoms with Gasteiger partial charge in [-0.05, 0) is 42.2 Å². The second-order valence-corrected chi connectivity index (χ2v) is 5.10. The van der Waals surface area contributed by atoms with Crippen molar-refractivity contribution in [3.05, 3.63) is 35.0 Å². The molecule has 3 rings (SSSR count). The van der Waals surface area contributed by atoms with Crippen LogP contribution in [0.5, 0.6) is 0 Å². The first kappa shape index (κ1) is 11.3. The van der Waals surface area contributed by atoms with E-state index in [0.717, 1.165) is 19.4 Å². The van der Waals surface area contributed by atoms with Crippen LogP contribution in [0.4, 0.5) is 5.69 Å². The minimum atomic E-state index is 0.935. The Hall–Kier alpha value is -1.77. The molecule has 94 valence electrons. The first-order chi connectivity index (χ1) is 8.66. The van der Waals surface area contributed by atoms with Gasteiger partial charge in [-0.2, -0.15) is 5.10 Å². The highest BCUT2D eigenvalue weighted by Crippen LogP contribution is 2.32. The van der Waals surface area contributed by atoms with Gasteiger partial charge in [0.05, 0.1) is 0 Å². The highest BCUT2D eigenvalue weighted by atomic mass is 15.4. The lowest BCUT2D eigenvalue weighted by atomic mass is 9.97. The Bertz CT molecular complexity index is 543. The first-order valence-corrected chi connectivity index (χ1v) is 6.47. The van der Waals surface area contributed by atoms with Crippen LogP contribution in [0.2, 0.25) is 0 Å². The molecule has 3 heteroatoms. The molecule has 0 atom stereocenters. The number of hydrogen-bond donors (Lipinski definition) is 0. The zero-order valence-corrected chi connectivity index (χ0v) is 11.3. The number of rotatable bonds is 1. The maximum atomic E-state index is 4.31. The number of allylic oxidation sites excluding steroid dienone is 2. The summed E-state index contributed by atoms with van der Waals surface area (Å²) in [5, 5.41) is 6.27. The lowest BCUT2D eigenvalue weighted by molar-refractivity contribution is 0.445. The summed E-state index contributed by atoms with van der Waals surface area (Å²) >= 11 is 0. The Labute approximate surface area is 108 Å². The quantitative estimate of drug-likeness (QED) is 0.753. The van der Waals surface area contributed by atoms with E-state index in [9.17, 15) is 0 Å². The highest BCUT2D eigenvalue weighted by molar-refractivity contribution is 5.83. The molecule has 0 unspecified atom stereocenters. The standard InChI is InChI=1S/C15H19N3/c1-11-14(6-8-16-18(11)3)12-4-5-15-13(10-12)7-9-17(15)2/h4-5,8,10H,6-7,9H2,1-3H3. The van der Waals surface area contributed by atoms with Crippen molar-refractivity contribution >= 4 is 17.5 Å². The van der Waals surface area contributed by atoms with Crippen molar-refractivity contribution in [1.29, 1.82) is 0 Å². The molecule has 0 aromatic heterocycles. The van der Waals surface area contributed by atoms with Crippen molar-refractivity contribution in [2.45, 2.75) is 19.8 Å². The van der Waals surface area contributed by atoms with Crippen LogP contribution in [-0.2, 0) is 6.42 Å². The molecule has 3 nitrogen and oxygen atoms in total. The Morgan fingerprint density at radius 2 is 2.06 bits per heavy atom. The molecule has 2 aliphatic rings. The van der Waals surface area contributed by atoms with Crippen molar-refractivity contribution in [1.82, 2.24) is 5.01 Å². The SMILES string of the molecule is CC1=C(c2ccc3c(c2)CCN3C)CC=NN1C. The Morgan fingerprint density at radius 3 is 2.89 bits per heavy atom. The second kappa shape index (κ2) is 4.16. The van der Waals surface area contributed by atoms with Gasteiger partial charge >= 0.3 is 0 Å². The summed E-state index contributed by atoms with van der Waals surface area (Å²) in [6, 6.07) is 6.85. The summed E-state index contributed by atoms with van der Waals surface area (Å²) in [6.07, 6.45) is 4.09. The Morgan fingerprint density at radius 1 is 1.22 bits per heavy atom. The molecule has 2 heterocycles. The molecule has 0 aliphatic carbocycles. The normalized spacial score (nSPS) is 18.6. The van der Waals surface area contributed by atoms with Crippen LogP contribution in [0.1, 0.15) is 24.5 Å². The van der Waals surface area contributed by atoms with Gasteiger partial charge in [0, 0.05) is 44.7 Å². The summed E-state index contributed by atoms with van der Waals surface area (Å²) in [6.45, 7) is 3.28. The van der Waals surface area contributed by atoms with Crippen LogP contribution in [-0.4, -0.2) is 31.9 Å². The van der Waals surface area contributed by atoms with E-state index >= 15 is 0 Å². The molecular formula is C15H19N3. The predicted octanol–water partition coefficient (Wildman–Crippen LogP) is 2.73. The van der Waals surface area contributed by atoms with Gasteiger partial charge in [-0.15, -0.1) is 0 Å². The number of hydrazone groups is 1. The number of likely N-dealkylation sites (N-methyl/N-ethyl adjacent to an activating group) is 1. The molecule has 0 bridgehead atoms. The van der Waals surface area contributed by atoms with E-state index in [0.29, 0.717) is 0 Å². The van der Waals surface area contributed by atoms with Crippen LogP contribution in [0.25, 0.3) is 5.57 Å². The monoisotopic (exact) mass is 241 g/mol. The average Bonchev–Trinajstić information content (AvgIpc) is 2.74. The molecule has 2 aliphatic heterocycles. The largest absolute Gasteiger partial charge is 0.374 e. The summed E-state index contributed by atoms with van der Waals surface area (Å²) in [5.74, 6) is 0. The average molecular weight is 241 g/mol. The number of nitrogens with zero attached hydrogens (tertiary/aromatic N) is 3. The maximum Gasteiger partial charge on any atom is 0.0397 e. The molecule has 0 N–H and O–H groups in total. The van der Waals surface area contributed by atoms with Crippen molar-refractivity contribution in [3.63, 3.8) is 0 Å². The van der Waals surface area contributed by atoms with Gasteiger partial charge in [-0.3, -0.25) is 5.01 Å². The molecule has 1 aromatic rings. The minimum absolute atomic E-state index is 0.935. The summed E-state index contributed by atoms with van der Waals surface area (Å²) in [4.78, 5) is 2.33. The van der Waals surface area contributed by atoms with Crippen LogP contribution in [0, 0.1) is 0 Å². The lowest BCUT2D eigenvalue weighted by Gasteiger charge is -2.22. The van der Waals surface area contributed by atoms with Crippen molar-refractivity contribution in [3.8, 4) is 0 Å². The maximum absolute atomic E-state index is 4.31. The zero-order valence-electron chi connectivity index (χ0n) is 11.3. The van der Waals surface area contributed by atoms with E-state index in [2.05, 4.69) is 42.2 Å². The van der Waals surface area contributed by atoms with Crippen LogP contribution in [0.3, 0.4) is 0 Å². The van der Waals surface area contributed by atoms with Gasteiger partial charge in [-0.25, -0.2) is 0 Å². The van der Waals surface area contributed by atoms with E-state index in [1.807, 2.05) is 18.3 Å². The second-order valence-electron chi connectivity index (χ2n) is 5.10. The number of hydrogen-bond acceptors (Lipinski definition) is 3. The molecule has 1 aromatic carbocycles. The highest BCUT2D eigenvalue weighted by Gasteiger charge is 2.18. The van der Waals surface area contributed by atoms with Gasteiger partial charge < -0.3 is 4.90 Å². The fraction of sp³-hybridized carbons (Fsp3) is 0.400. The van der Waals surface area contributed by atoms with Crippen LogP contribution in [0.15, 0.2) is 29.0 Å². The molecule has 18 heavy (non-hydrogen) atoms. The summed E-state index contributed by atoms with van der Waals surface area (Å²) in [5.41, 5.74) is 6.85. The number of anilines is 1. The number of benzene rings is 1. The molecule has 0 fully saturated rings. The molecule has 0 saturated heterocycles. The molecular weight excluding hydrogens is 222 g/mol. The minimum Gasteiger partial charge on any atom is -0.374 e. The Kier molecular flexibility index (Phi) is 2.62. The summed E-state index contributed by atoms with van der Waals surface area (Å²) < 4.78 is 0. The van der Waals surface area contributed by atoms with Gasteiger partial charge in [0.25, 0.3) is 0 Å². The molecule has 0 amide bonds. The predicted molar refractivity (Wildman–Crippen MR) is 76.9 cm³/mol. The van der Waals surface area contributed by atoms with Crippen LogP contribution >= 0.6 is 0 Å². The van der Waals surface area contributed by atoms with Crippen molar-refractivity contribution in [2.75, 3.05) is 25.5 Å². The van der Waals surface area contributed by atoms with E-state index in [4.69, 9.17) is 0 Å². The van der Waals surface area contributed by atoms with Crippen molar-refractivity contribution in [2.24, 2.45) is 5.10 Å². The topological polar surface area (TPSA) is 18.8 Å². The van der Waals surface area contributed by atoms with Gasteiger partial charge in [0.1, 0.15) is 0 Å². The first-order valence-electron chi connectivity index (χ1n) is 6.47. The molecule has 0 saturated carbocycles. The van der Waals surface area contributed by atoms with Gasteiger partial charge in [-0.1, -0.05) is 6.07 Å². The third kappa shape index (κ3) is 1.70. The Balaban J connectivity index is 2.01. The van der Waals surface area contributed by atoms with E-state index in [1.165, 1.54) is 28.1 Å². The fourth-order valence-electron chi connectivity index (χ4n) is 2.77. The third-order valence-electron chi connectivity index (χ3n) is 4.03. The van der Waals surface area contributed by atoms with E-state index in [-0.39, 0.29) is 0 Å². The smallest absolute Gasteiger partial charge is 0.0397 e. The number of fused-ring (bicyclic) bond motifs is 1. The molecule has 0 spiro atoms. The van der Waals surface area contributed by atoms with Crippen molar-refractivity contribution < 1.29 is 0 Å². The van der Waals surface area contributed by atoms with Gasteiger partial charge in [0.2, 0.25) is 0 Å². The van der Waals surface area contributed by atoms with E-state index in [1.54, 1.807) is 0 Å². The van der Waals surface area contributed by atoms with Gasteiger partial charge in [0.15, 0.2) is 0 Å². The lowest BCUT2D eigenvalue weighted by Crippen LogP contribution is -2.14. The molecule has 0 radical (unpaired) electrons. The fourth-order valence-corrected chi connectivity index (χ4v) is 2.77. The summed E-state index contributed by atoms with van der Waals surface area (Å²) in [7, 11) is 4.17. The van der Waals surface area contributed by atoms with E-state index < -0.39 is 0 Å². The van der Waals surface area contributed by atoms with Crippen LogP contribution < -0.4 is 4.90 Å².